The summed E-state index contributed by atoms with van der Waals surface area (Å²) in [4.78, 5) is 16.2. The number of thioether (sulfide) groups is 1. The van der Waals surface area contributed by atoms with E-state index in [1.165, 1.54) is 17.8 Å². The molecule has 27 heavy (non-hydrogen) atoms. The molecule has 0 aliphatic carbocycles. The maximum atomic E-state index is 13.7. The SMILES string of the molecule is Cc1ccc(-c2noc(CNC(=O)CSCc3ccc(Cl)cc3F)n2)cc1. The molecule has 0 atom stereocenters. The van der Waals surface area contributed by atoms with Crippen molar-refractivity contribution in [3.8, 4) is 11.4 Å². The lowest BCUT2D eigenvalue weighted by Crippen LogP contribution is -2.24. The molecule has 5 nitrogen and oxygen atoms in total. The van der Waals surface area contributed by atoms with E-state index in [-0.39, 0.29) is 24.0 Å². The number of halogens is 2. The Morgan fingerprint density at radius 3 is 2.78 bits per heavy atom. The summed E-state index contributed by atoms with van der Waals surface area (Å²) in [6.07, 6.45) is 0. The van der Waals surface area contributed by atoms with Crippen LogP contribution >= 0.6 is 23.4 Å². The van der Waals surface area contributed by atoms with Crippen LogP contribution in [0.2, 0.25) is 5.02 Å². The number of carbonyl (C=O) groups is 1. The smallest absolute Gasteiger partial charge is 0.246 e. The van der Waals surface area contributed by atoms with Gasteiger partial charge >= 0.3 is 0 Å². The number of nitrogens with zero attached hydrogens (tertiary/aromatic N) is 2. The van der Waals surface area contributed by atoms with Crippen LogP contribution in [0.1, 0.15) is 17.0 Å². The first-order valence-corrected chi connectivity index (χ1v) is 9.72. The Hall–Kier alpha value is -2.38. The lowest BCUT2D eigenvalue weighted by Gasteiger charge is -2.04. The zero-order valence-electron chi connectivity index (χ0n) is 14.5. The molecular weight excluding hydrogens is 389 g/mol. The third-order valence-electron chi connectivity index (χ3n) is 3.72. The van der Waals surface area contributed by atoms with Crippen LogP contribution in [0.25, 0.3) is 11.4 Å². The standard InChI is InChI=1S/C19H17ClFN3O2S/c1-12-2-4-13(5-3-12)19-23-18(26-24-19)9-22-17(25)11-27-10-14-6-7-15(20)8-16(14)21/h2-8H,9-11H2,1H3,(H,22,25). The number of hydrogen-bond donors (Lipinski definition) is 1. The molecule has 0 spiro atoms. The summed E-state index contributed by atoms with van der Waals surface area (Å²) in [7, 11) is 0. The van der Waals surface area contributed by atoms with E-state index in [2.05, 4.69) is 15.5 Å². The van der Waals surface area contributed by atoms with Crippen LogP contribution in [0, 0.1) is 12.7 Å². The van der Waals surface area contributed by atoms with Crippen molar-refractivity contribution in [3.63, 3.8) is 0 Å². The maximum Gasteiger partial charge on any atom is 0.246 e. The predicted molar refractivity (Wildman–Crippen MR) is 104 cm³/mol. The minimum absolute atomic E-state index is 0.146. The van der Waals surface area contributed by atoms with Crippen molar-refractivity contribution in [1.29, 1.82) is 0 Å². The normalized spacial score (nSPS) is 10.8. The van der Waals surface area contributed by atoms with Crippen LogP contribution < -0.4 is 5.32 Å². The predicted octanol–water partition coefficient (Wildman–Crippen LogP) is 4.39. The van der Waals surface area contributed by atoms with E-state index < -0.39 is 0 Å². The molecule has 0 bridgehead atoms. The molecule has 2 aromatic carbocycles. The molecule has 3 rings (SSSR count). The zero-order valence-corrected chi connectivity index (χ0v) is 16.1. The molecular formula is C19H17ClFN3O2S. The molecule has 8 heteroatoms. The van der Waals surface area contributed by atoms with Gasteiger partial charge in [-0.1, -0.05) is 52.7 Å². The molecule has 1 aromatic heterocycles. The fourth-order valence-corrected chi connectivity index (χ4v) is 3.27. The molecule has 0 saturated carbocycles. The molecule has 0 fully saturated rings. The highest BCUT2D eigenvalue weighted by Crippen LogP contribution is 2.19. The van der Waals surface area contributed by atoms with Gasteiger partial charge in [0.05, 0.1) is 12.3 Å². The van der Waals surface area contributed by atoms with Crippen molar-refractivity contribution < 1.29 is 13.7 Å². The maximum absolute atomic E-state index is 13.7. The van der Waals surface area contributed by atoms with Crippen molar-refractivity contribution >= 4 is 29.3 Å². The highest BCUT2D eigenvalue weighted by atomic mass is 35.5. The fourth-order valence-electron chi connectivity index (χ4n) is 2.26. The van der Waals surface area contributed by atoms with Gasteiger partial charge in [-0.25, -0.2) is 4.39 Å². The molecule has 3 aromatic rings. The van der Waals surface area contributed by atoms with E-state index in [1.54, 1.807) is 12.1 Å². The van der Waals surface area contributed by atoms with Crippen LogP contribution in [-0.2, 0) is 17.1 Å². The molecule has 1 amide bonds. The van der Waals surface area contributed by atoms with Gasteiger partial charge in [0.15, 0.2) is 0 Å². The van der Waals surface area contributed by atoms with Crippen molar-refractivity contribution in [3.05, 3.63) is 70.3 Å². The Kier molecular flexibility index (Phi) is 6.47. The van der Waals surface area contributed by atoms with Crippen molar-refractivity contribution in [2.24, 2.45) is 0 Å². The summed E-state index contributed by atoms with van der Waals surface area (Å²) in [5.74, 6) is 0.823. The summed E-state index contributed by atoms with van der Waals surface area (Å²) in [6.45, 7) is 2.15. The number of nitrogens with one attached hydrogen (secondary N) is 1. The minimum Gasteiger partial charge on any atom is -0.346 e. The number of rotatable bonds is 7. The van der Waals surface area contributed by atoms with Crippen LogP contribution in [-0.4, -0.2) is 21.8 Å². The molecule has 0 radical (unpaired) electrons. The van der Waals surface area contributed by atoms with Gasteiger partial charge in [-0.05, 0) is 24.6 Å². The molecule has 0 aliphatic rings. The zero-order chi connectivity index (χ0) is 19.2. The van der Waals surface area contributed by atoms with Crippen molar-refractivity contribution in [2.75, 3.05) is 5.75 Å². The Morgan fingerprint density at radius 1 is 1.26 bits per heavy atom. The molecule has 0 aliphatic heterocycles. The molecule has 1 N–H and O–H groups in total. The van der Waals surface area contributed by atoms with Gasteiger partial charge in [0.25, 0.3) is 0 Å². The third kappa shape index (κ3) is 5.55. The molecule has 1 heterocycles. The van der Waals surface area contributed by atoms with Crippen molar-refractivity contribution in [2.45, 2.75) is 19.2 Å². The van der Waals surface area contributed by atoms with Gasteiger partial charge in [-0.15, -0.1) is 11.8 Å². The first kappa shape index (κ1) is 19.4. The summed E-state index contributed by atoms with van der Waals surface area (Å²) in [6, 6.07) is 12.3. The van der Waals surface area contributed by atoms with Crippen LogP contribution in [0.5, 0.6) is 0 Å². The summed E-state index contributed by atoms with van der Waals surface area (Å²) >= 11 is 7.03. The second kappa shape index (κ2) is 9.01. The monoisotopic (exact) mass is 405 g/mol. The van der Waals surface area contributed by atoms with Gasteiger partial charge in [0.2, 0.25) is 17.6 Å². The minimum atomic E-state index is -0.370. The quantitative estimate of drug-likeness (QED) is 0.631. The summed E-state index contributed by atoms with van der Waals surface area (Å²) < 4.78 is 18.8. The highest BCUT2D eigenvalue weighted by molar-refractivity contribution is 7.99. The molecule has 0 unspecified atom stereocenters. The second-order valence-corrected chi connectivity index (χ2v) is 7.31. The molecule has 140 valence electrons. The Morgan fingerprint density at radius 2 is 2.04 bits per heavy atom. The lowest BCUT2D eigenvalue weighted by atomic mass is 10.1. The van der Waals surface area contributed by atoms with Gasteiger partial charge in [0.1, 0.15) is 5.82 Å². The number of carbonyl (C=O) groups excluding carboxylic acids is 1. The first-order valence-electron chi connectivity index (χ1n) is 8.19. The van der Waals surface area contributed by atoms with E-state index in [9.17, 15) is 9.18 Å². The topological polar surface area (TPSA) is 68.0 Å². The van der Waals surface area contributed by atoms with E-state index >= 15 is 0 Å². The first-order chi connectivity index (χ1) is 13.0. The number of amides is 1. The van der Waals surface area contributed by atoms with E-state index in [0.717, 1.165) is 11.1 Å². The second-order valence-electron chi connectivity index (χ2n) is 5.88. The Balaban J connectivity index is 1.44. The fraction of sp³-hybridized carbons (Fsp3) is 0.211. The Labute approximate surface area is 165 Å². The van der Waals surface area contributed by atoms with E-state index in [0.29, 0.717) is 28.1 Å². The van der Waals surface area contributed by atoms with E-state index in [1.807, 2.05) is 31.2 Å². The van der Waals surface area contributed by atoms with Gasteiger partial charge in [-0.2, -0.15) is 4.98 Å². The number of benzene rings is 2. The Bertz CT molecular complexity index is 931. The summed E-state index contributed by atoms with van der Waals surface area (Å²) in [5, 5.41) is 6.98. The van der Waals surface area contributed by atoms with Crippen LogP contribution in [0.3, 0.4) is 0 Å². The highest BCUT2D eigenvalue weighted by Gasteiger charge is 2.10. The average molecular weight is 406 g/mol. The number of aryl methyl sites for hydroxylation is 1. The van der Waals surface area contributed by atoms with Crippen LogP contribution in [0.4, 0.5) is 4.39 Å². The molecule has 0 saturated heterocycles. The average Bonchev–Trinajstić information content (AvgIpc) is 3.11. The van der Waals surface area contributed by atoms with Gasteiger partial charge in [-0.3, -0.25) is 4.79 Å². The largest absolute Gasteiger partial charge is 0.346 e. The van der Waals surface area contributed by atoms with Crippen LogP contribution in [0.15, 0.2) is 47.0 Å². The lowest BCUT2D eigenvalue weighted by molar-refractivity contribution is -0.118. The van der Waals surface area contributed by atoms with E-state index in [4.69, 9.17) is 16.1 Å². The van der Waals surface area contributed by atoms with Gasteiger partial charge < -0.3 is 9.84 Å². The third-order valence-corrected chi connectivity index (χ3v) is 4.94. The van der Waals surface area contributed by atoms with Gasteiger partial charge in [0, 0.05) is 16.3 Å². The van der Waals surface area contributed by atoms with Crippen molar-refractivity contribution in [1.82, 2.24) is 15.5 Å². The number of hydrogen-bond acceptors (Lipinski definition) is 5. The number of aromatic nitrogens is 2. The summed E-state index contributed by atoms with van der Waals surface area (Å²) in [5.41, 5.74) is 2.50.